The number of anilines is 1. The molecule has 0 amide bonds. The van der Waals surface area contributed by atoms with Gasteiger partial charge >= 0.3 is 0 Å². The molecule has 0 radical (unpaired) electrons. The van der Waals surface area contributed by atoms with Crippen molar-refractivity contribution in [2.75, 3.05) is 18.0 Å². The van der Waals surface area contributed by atoms with Gasteiger partial charge in [-0.1, -0.05) is 23.7 Å². The largest absolute Gasteiger partial charge is 0.370 e. The van der Waals surface area contributed by atoms with Crippen molar-refractivity contribution in [2.24, 2.45) is 0 Å². The Balaban J connectivity index is 1.48. The van der Waals surface area contributed by atoms with Crippen LogP contribution < -0.4 is 4.90 Å². The van der Waals surface area contributed by atoms with Crippen LogP contribution in [-0.2, 0) is 0 Å². The Labute approximate surface area is 149 Å². The number of nitro benzene ring substituents is 1. The average Bonchev–Trinajstić information content (AvgIpc) is 3.06. The van der Waals surface area contributed by atoms with Gasteiger partial charge in [0.1, 0.15) is 5.82 Å². The van der Waals surface area contributed by atoms with Crippen molar-refractivity contribution < 1.29 is 4.92 Å². The summed E-state index contributed by atoms with van der Waals surface area (Å²) in [5.74, 6) is 1.43. The lowest BCUT2D eigenvalue weighted by atomic mass is 9.95. The third-order valence-corrected chi connectivity index (χ3v) is 5.07. The molecule has 1 aliphatic heterocycles. The van der Waals surface area contributed by atoms with E-state index in [-0.39, 0.29) is 5.69 Å². The fourth-order valence-corrected chi connectivity index (χ4v) is 3.72. The van der Waals surface area contributed by atoms with Gasteiger partial charge in [0.05, 0.1) is 26.7 Å². The van der Waals surface area contributed by atoms with Crippen molar-refractivity contribution >= 4 is 34.0 Å². The normalized spacial score (nSPS) is 15.6. The molecule has 4 rings (SSSR count). The van der Waals surface area contributed by atoms with E-state index in [4.69, 9.17) is 16.6 Å². The summed E-state index contributed by atoms with van der Waals surface area (Å²) in [6.07, 6.45) is 1.93. The predicted octanol–water partition coefficient (Wildman–Crippen LogP) is 4.51. The van der Waals surface area contributed by atoms with E-state index in [1.807, 2.05) is 24.3 Å². The van der Waals surface area contributed by atoms with Crippen molar-refractivity contribution in [3.63, 3.8) is 0 Å². The molecule has 0 unspecified atom stereocenters. The maximum absolute atomic E-state index is 10.8. The van der Waals surface area contributed by atoms with Crippen LogP contribution in [0.5, 0.6) is 0 Å². The third kappa shape index (κ3) is 3.05. The summed E-state index contributed by atoms with van der Waals surface area (Å²) in [5, 5.41) is 11.3. The Morgan fingerprint density at radius 1 is 1.20 bits per heavy atom. The highest BCUT2D eigenvalue weighted by Crippen LogP contribution is 2.34. The summed E-state index contributed by atoms with van der Waals surface area (Å²) in [6.45, 7) is 1.69. The van der Waals surface area contributed by atoms with Crippen LogP contribution in [0.4, 0.5) is 11.4 Å². The molecule has 128 valence electrons. The van der Waals surface area contributed by atoms with Gasteiger partial charge in [-0.3, -0.25) is 10.1 Å². The number of benzene rings is 2. The highest BCUT2D eigenvalue weighted by atomic mass is 35.5. The number of hydrogen-bond acceptors (Lipinski definition) is 4. The van der Waals surface area contributed by atoms with Crippen molar-refractivity contribution in [3.05, 3.63) is 63.4 Å². The Kier molecular flexibility index (Phi) is 4.05. The Morgan fingerprint density at radius 2 is 1.96 bits per heavy atom. The van der Waals surface area contributed by atoms with Gasteiger partial charge in [0, 0.05) is 31.1 Å². The monoisotopic (exact) mass is 356 g/mol. The predicted molar refractivity (Wildman–Crippen MR) is 98.4 cm³/mol. The second kappa shape index (κ2) is 6.37. The third-order valence-electron chi connectivity index (χ3n) is 4.77. The van der Waals surface area contributed by atoms with Crippen LogP contribution in [0.15, 0.2) is 42.5 Å². The molecule has 3 aromatic rings. The van der Waals surface area contributed by atoms with Crippen molar-refractivity contribution in [1.82, 2.24) is 9.97 Å². The lowest BCUT2D eigenvalue weighted by molar-refractivity contribution is -0.384. The highest BCUT2D eigenvalue weighted by molar-refractivity contribution is 6.33. The first kappa shape index (κ1) is 15.9. The topological polar surface area (TPSA) is 75.1 Å². The van der Waals surface area contributed by atoms with Crippen LogP contribution in [0.25, 0.3) is 11.0 Å². The first-order valence-corrected chi connectivity index (χ1v) is 8.63. The van der Waals surface area contributed by atoms with Gasteiger partial charge in [-0.2, -0.15) is 0 Å². The smallest absolute Gasteiger partial charge is 0.271 e. The van der Waals surface area contributed by atoms with Crippen LogP contribution >= 0.6 is 11.6 Å². The second-order valence-electron chi connectivity index (χ2n) is 6.29. The zero-order valence-electron chi connectivity index (χ0n) is 13.5. The zero-order valence-corrected chi connectivity index (χ0v) is 14.2. The maximum Gasteiger partial charge on any atom is 0.271 e. The quantitative estimate of drug-likeness (QED) is 0.553. The van der Waals surface area contributed by atoms with E-state index in [9.17, 15) is 10.1 Å². The van der Waals surface area contributed by atoms with Gasteiger partial charge in [0.2, 0.25) is 0 Å². The lowest BCUT2D eigenvalue weighted by Gasteiger charge is -2.33. The van der Waals surface area contributed by atoms with E-state index < -0.39 is 4.92 Å². The maximum atomic E-state index is 10.8. The lowest BCUT2D eigenvalue weighted by Crippen LogP contribution is -2.33. The van der Waals surface area contributed by atoms with E-state index >= 15 is 0 Å². The zero-order chi connectivity index (χ0) is 17.4. The minimum absolute atomic E-state index is 0.0194. The van der Waals surface area contributed by atoms with Gasteiger partial charge < -0.3 is 9.88 Å². The summed E-state index contributed by atoms with van der Waals surface area (Å²) in [4.78, 5) is 20.7. The highest BCUT2D eigenvalue weighted by Gasteiger charge is 2.24. The molecule has 0 saturated carbocycles. The van der Waals surface area contributed by atoms with Crippen LogP contribution in [0.3, 0.4) is 0 Å². The summed E-state index contributed by atoms with van der Waals surface area (Å²) >= 11 is 6.25. The number of fused-ring (bicyclic) bond motifs is 1. The summed E-state index contributed by atoms with van der Waals surface area (Å²) in [6, 6.07) is 12.7. The van der Waals surface area contributed by atoms with Crippen molar-refractivity contribution in [3.8, 4) is 0 Å². The summed E-state index contributed by atoms with van der Waals surface area (Å²) < 4.78 is 0. The van der Waals surface area contributed by atoms with E-state index in [0.717, 1.165) is 48.5 Å². The Hall–Kier alpha value is -2.60. The number of halogens is 1. The number of nitrogens with zero attached hydrogens (tertiary/aromatic N) is 3. The Bertz CT molecular complexity index is 899. The molecule has 1 N–H and O–H groups in total. The number of aromatic nitrogens is 2. The molecule has 1 aromatic heterocycles. The number of hydrogen-bond donors (Lipinski definition) is 1. The summed E-state index contributed by atoms with van der Waals surface area (Å²) in [5.41, 5.74) is 2.94. The first-order chi connectivity index (χ1) is 12.1. The fourth-order valence-electron chi connectivity index (χ4n) is 3.43. The number of H-pyrrole nitrogens is 1. The number of para-hydroxylation sites is 2. The SMILES string of the molecule is O=[N+]([O-])c1ccc(N2CCC(c3nc4ccccc4[nH]3)CC2)c(Cl)c1. The van der Waals surface area contributed by atoms with Crippen LogP contribution in [-0.4, -0.2) is 28.0 Å². The van der Waals surface area contributed by atoms with Gasteiger partial charge in [-0.25, -0.2) is 4.98 Å². The van der Waals surface area contributed by atoms with Gasteiger partial charge in [-0.05, 0) is 31.0 Å². The molecule has 0 aliphatic carbocycles. The number of non-ortho nitro benzene ring substituents is 1. The van der Waals surface area contributed by atoms with Gasteiger partial charge in [0.25, 0.3) is 5.69 Å². The molecule has 1 aliphatic rings. The van der Waals surface area contributed by atoms with E-state index in [1.54, 1.807) is 6.07 Å². The molecule has 25 heavy (non-hydrogen) atoms. The number of aromatic amines is 1. The minimum Gasteiger partial charge on any atom is -0.370 e. The minimum atomic E-state index is -0.427. The van der Waals surface area contributed by atoms with Gasteiger partial charge in [-0.15, -0.1) is 0 Å². The molecule has 1 saturated heterocycles. The molecular weight excluding hydrogens is 340 g/mol. The van der Waals surface area contributed by atoms with Crippen LogP contribution in [0.2, 0.25) is 5.02 Å². The van der Waals surface area contributed by atoms with Gasteiger partial charge in [0.15, 0.2) is 0 Å². The second-order valence-corrected chi connectivity index (χ2v) is 6.70. The number of nitro groups is 1. The molecule has 2 aromatic carbocycles. The number of imidazole rings is 1. The first-order valence-electron chi connectivity index (χ1n) is 8.25. The molecule has 7 heteroatoms. The van der Waals surface area contributed by atoms with Crippen LogP contribution in [0, 0.1) is 10.1 Å². The molecule has 1 fully saturated rings. The van der Waals surface area contributed by atoms with E-state index in [0.29, 0.717) is 10.9 Å². The molecular formula is C18H17ClN4O2. The molecule has 0 atom stereocenters. The number of piperidine rings is 1. The summed E-state index contributed by atoms with van der Waals surface area (Å²) in [7, 11) is 0. The number of nitrogens with one attached hydrogen (secondary N) is 1. The van der Waals surface area contributed by atoms with E-state index in [1.165, 1.54) is 12.1 Å². The average molecular weight is 357 g/mol. The van der Waals surface area contributed by atoms with Crippen molar-refractivity contribution in [2.45, 2.75) is 18.8 Å². The molecule has 2 heterocycles. The standard InChI is InChI=1S/C18H17ClN4O2/c19-14-11-13(23(24)25)5-6-17(14)22-9-7-12(8-10-22)18-20-15-3-1-2-4-16(15)21-18/h1-6,11-12H,7-10H2,(H,20,21). The van der Waals surface area contributed by atoms with Crippen LogP contribution in [0.1, 0.15) is 24.6 Å². The Morgan fingerprint density at radius 3 is 2.64 bits per heavy atom. The fraction of sp³-hybridized carbons (Fsp3) is 0.278. The van der Waals surface area contributed by atoms with E-state index in [2.05, 4.69) is 9.88 Å². The molecule has 6 nitrogen and oxygen atoms in total. The molecule has 0 bridgehead atoms. The van der Waals surface area contributed by atoms with Crippen molar-refractivity contribution in [1.29, 1.82) is 0 Å². The number of rotatable bonds is 3. The molecule has 0 spiro atoms.